The van der Waals surface area contributed by atoms with Gasteiger partial charge in [0, 0.05) is 25.0 Å². The predicted octanol–water partition coefficient (Wildman–Crippen LogP) is 2.61. The van der Waals surface area contributed by atoms with E-state index in [1.807, 2.05) is 0 Å². The minimum atomic E-state index is -0.305. The van der Waals surface area contributed by atoms with Gasteiger partial charge in [0.2, 0.25) is 5.91 Å². The van der Waals surface area contributed by atoms with E-state index in [-0.39, 0.29) is 17.5 Å². The number of amides is 1. The van der Waals surface area contributed by atoms with Crippen LogP contribution in [-0.2, 0) is 9.53 Å². The molecule has 1 amide bonds. The van der Waals surface area contributed by atoms with Crippen molar-refractivity contribution in [2.45, 2.75) is 75.8 Å². The van der Waals surface area contributed by atoms with Gasteiger partial charge in [0.05, 0.1) is 19.3 Å². The lowest BCUT2D eigenvalue weighted by atomic mass is 9.84. The summed E-state index contributed by atoms with van der Waals surface area (Å²) in [6, 6.07) is 2.05. The number of rotatable bonds is 5. The van der Waals surface area contributed by atoms with E-state index in [4.69, 9.17) is 4.74 Å². The minimum absolute atomic E-state index is 0.000430. The summed E-state index contributed by atoms with van der Waals surface area (Å²) in [6.07, 6.45) is 10.9. The zero-order chi connectivity index (χ0) is 16.8. The van der Waals surface area contributed by atoms with Gasteiger partial charge >= 0.3 is 0 Å². The zero-order valence-electron chi connectivity index (χ0n) is 14.8. The molecule has 5 nitrogen and oxygen atoms in total. The van der Waals surface area contributed by atoms with Crippen LogP contribution in [0.4, 0.5) is 0 Å². The van der Waals surface area contributed by atoms with Crippen LogP contribution >= 0.6 is 0 Å². The van der Waals surface area contributed by atoms with Crippen LogP contribution in [0, 0.1) is 17.2 Å². The molecule has 1 N–H and O–H groups in total. The molecule has 134 valence electrons. The molecular formula is C19H31N3O2. The summed E-state index contributed by atoms with van der Waals surface area (Å²) >= 11 is 0. The standard InChI is InChI=1S/C19H31N3O2/c20-15-17(16-6-2-1-3-7-16)21-18(23)14-19(8-4-5-9-19)22-10-12-24-13-11-22/h16-17H,1-14H2,(H,21,23)/t17-/m0/s1. The summed E-state index contributed by atoms with van der Waals surface area (Å²) in [5.41, 5.74) is 0.000430. The first-order chi connectivity index (χ1) is 11.7. The lowest BCUT2D eigenvalue weighted by molar-refractivity contribution is -0.126. The van der Waals surface area contributed by atoms with E-state index in [0.717, 1.165) is 52.0 Å². The molecule has 3 fully saturated rings. The van der Waals surface area contributed by atoms with Gasteiger partial charge in [0.1, 0.15) is 6.04 Å². The lowest BCUT2D eigenvalue weighted by Crippen LogP contribution is -2.54. The van der Waals surface area contributed by atoms with Gasteiger partial charge < -0.3 is 10.1 Å². The van der Waals surface area contributed by atoms with Gasteiger partial charge in [-0.2, -0.15) is 5.26 Å². The highest BCUT2D eigenvalue weighted by molar-refractivity contribution is 5.78. The fourth-order valence-electron chi connectivity index (χ4n) is 4.92. The first-order valence-electron chi connectivity index (χ1n) is 9.75. The molecule has 0 radical (unpaired) electrons. The normalized spacial score (nSPS) is 26.6. The van der Waals surface area contributed by atoms with E-state index in [9.17, 15) is 10.1 Å². The van der Waals surface area contributed by atoms with Crippen LogP contribution in [0.1, 0.15) is 64.2 Å². The Morgan fingerprint density at radius 3 is 2.46 bits per heavy atom. The number of nitrogens with one attached hydrogen (secondary N) is 1. The maximum absolute atomic E-state index is 12.7. The minimum Gasteiger partial charge on any atom is -0.379 e. The number of morpholine rings is 1. The molecule has 0 bridgehead atoms. The lowest BCUT2D eigenvalue weighted by Gasteiger charge is -2.43. The number of nitriles is 1. The molecule has 0 unspecified atom stereocenters. The second-order valence-electron chi connectivity index (χ2n) is 7.78. The van der Waals surface area contributed by atoms with Crippen LogP contribution < -0.4 is 5.32 Å². The summed E-state index contributed by atoms with van der Waals surface area (Å²) in [7, 11) is 0. The predicted molar refractivity (Wildman–Crippen MR) is 92.3 cm³/mol. The highest BCUT2D eigenvalue weighted by Crippen LogP contribution is 2.38. The topological polar surface area (TPSA) is 65.4 Å². The third-order valence-corrected chi connectivity index (χ3v) is 6.28. The molecule has 0 aromatic carbocycles. The molecule has 1 heterocycles. The highest BCUT2D eigenvalue weighted by atomic mass is 16.5. The number of hydrogen-bond acceptors (Lipinski definition) is 4. The van der Waals surface area contributed by atoms with Crippen molar-refractivity contribution < 1.29 is 9.53 Å². The van der Waals surface area contributed by atoms with Crippen LogP contribution in [0.25, 0.3) is 0 Å². The first-order valence-corrected chi connectivity index (χ1v) is 9.75. The number of carbonyl (C=O) groups is 1. The molecule has 2 aliphatic carbocycles. The Morgan fingerprint density at radius 1 is 1.17 bits per heavy atom. The molecule has 0 spiro atoms. The van der Waals surface area contributed by atoms with Crippen LogP contribution in [0.15, 0.2) is 0 Å². The van der Waals surface area contributed by atoms with Crippen molar-refractivity contribution in [2.24, 2.45) is 5.92 Å². The van der Waals surface area contributed by atoms with Crippen molar-refractivity contribution >= 4 is 5.91 Å². The van der Waals surface area contributed by atoms with Crippen molar-refractivity contribution in [1.82, 2.24) is 10.2 Å². The third-order valence-electron chi connectivity index (χ3n) is 6.28. The largest absolute Gasteiger partial charge is 0.379 e. The number of nitrogens with zero attached hydrogens (tertiary/aromatic N) is 2. The molecule has 2 saturated carbocycles. The molecule has 1 saturated heterocycles. The van der Waals surface area contributed by atoms with E-state index in [2.05, 4.69) is 16.3 Å². The molecule has 24 heavy (non-hydrogen) atoms. The van der Waals surface area contributed by atoms with Gasteiger partial charge in [-0.25, -0.2) is 0 Å². The second kappa shape index (κ2) is 8.31. The highest BCUT2D eigenvalue weighted by Gasteiger charge is 2.42. The van der Waals surface area contributed by atoms with Gasteiger partial charge in [-0.3, -0.25) is 9.69 Å². The summed E-state index contributed by atoms with van der Waals surface area (Å²) in [5, 5.41) is 12.6. The summed E-state index contributed by atoms with van der Waals surface area (Å²) in [6.45, 7) is 3.40. The molecule has 0 aromatic rings. The van der Waals surface area contributed by atoms with E-state index in [1.165, 1.54) is 32.1 Å². The monoisotopic (exact) mass is 333 g/mol. The fourth-order valence-corrected chi connectivity index (χ4v) is 4.92. The Labute approximate surface area is 145 Å². The molecule has 3 rings (SSSR count). The Morgan fingerprint density at radius 2 is 1.83 bits per heavy atom. The summed E-state index contributed by atoms with van der Waals surface area (Å²) in [4.78, 5) is 15.2. The van der Waals surface area contributed by atoms with Crippen LogP contribution in [0.3, 0.4) is 0 Å². The quantitative estimate of drug-likeness (QED) is 0.840. The average molecular weight is 333 g/mol. The first kappa shape index (κ1) is 17.7. The molecule has 5 heteroatoms. The Hall–Kier alpha value is -1.12. The average Bonchev–Trinajstić information content (AvgIpc) is 3.11. The van der Waals surface area contributed by atoms with Gasteiger partial charge in [-0.15, -0.1) is 0 Å². The van der Waals surface area contributed by atoms with E-state index in [0.29, 0.717) is 12.3 Å². The fraction of sp³-hybridized carbons (Fsp3) is 0.895. The summed E-state index contributed by atoms with van der Waals surface area (Å²) < 4.78 is 5.49. The van der Waals surface area contributed by atoms with E-state index < -0.39 is 0 Å². The molecule has 0 aromatic heterocycles. The van der Waals surface area contributed by atoms with Gasteiger partial charge in [0.15, 0.2) is 0 Å². The van der Waals surface area contributed by atoms with E-state index >= 15 is 0 Å². The molecular weight excluding hydrogens is 302 g/mol. The van der Waals surface area contributed by atoms with E-state index in [1.54, 1.807) is 0 Å². The SMILES string of the molecule is N#C[C@H](NC(=O)CC1(N2CCOCC2)CCCC1)C1CCCCC1. The Bertz CT molecular complexity index is 456. The van der Waals surface area contributed by atoms with Crippen molar-refractivity contribution in [1.29, 1.82) is 5.26 Å². The zero-order valence-corrected chi connectivity index (χ0v) is 14.8. The summed E-state index contributed by atoms with van der Waals surface area (Å²) in [5.74, 6) is 0.413. The smallest absolute Gasteiger partial charge is 0.222 e. The van der Waals surface area contributed by atoms with Gasteiger partial charge in [-0.1, -0.05) is 32.1 Å². The van der Waals surface area contributed by atoms with Crippen LogP contribution in [0.5, 0.6) is 0 Å². The van der Waals surface area contributed by atoms with Crippen molar-refractivity contribution in [3.63, 3.8) is 0 Å². The van der Waals surface area contributed by atoms with Crippen LogP contribution in [0.2, 0.25) is 0 Å². The van der Waals surface area contributed by atoms with Gasteiger partial charge in [0.25, 0.3) is 0 Å². The molecule has 1 atom stereocenters. The number of hydrogen-bond donors (Lipinski definition) is 1. The number of ether oxygens (including phenoxy) is 1. The maximum Gasteiger partial charge on any atom is 0.222 e. The third kappa shape index (κ3) is 4.10. The van der Waals surface area contributed by atoms with Gasteiger partial charge in [-0.05, 0) is 31.6 Å². The van der Waals surface area contributed by atoms with Crippen LogP contribution in [-0.4, -0.2) is 48.7 Å². The Balaban J connectivity index is 1.59. The Kier molecular flexibility index (Phi) is 6.13. The number of carbonyl (C=O) groups excluding carboxylic acids is 1. The van der Waals surface area contributed by atoms with Crippen molar-refractivity contribution in [3.8, 4) is 6.07 Å². The van der Waals surface area contributed by atoms with Crippen molar-refractivity contribution in [3.05, 3.63) is 0 Å². The van der Waals surface area contributed by atoms with Crippen molar-refractivity contribution in [2.75, 3.05) is 26.3 Å². The second-order valence-corrected chi connectivity index (χ2v) is 7.78. The molecule has 3 aliphatic rings. The molecule has 1 aliphatic heterocycles. The maximum atomic E-state index is 12.7.